The number of carbonyl (C=O) groups is 1. The second-order valence-electron chi connectivity index (χ2n) is 8.28. The molecule has 156 valence electrons. The summed E-state index contributed by atoms with van der Waals surface area (Å²) in [5.41, 5.74) is 3.15. The molecule has 1 saturated carbocycles. The van der Waals surface area contributed by atoms with Crippen LogP contribution < -0.4 is 4.74 Å². The number of nitrogens with zero attached hydrogens (tertiary/aromatic N) is 2. The van der Waals surface area contributed by atoms with Crippen LogP contribution >= 0.6 is 0 Å². The molecule has 2 aromatic rings. The number of likely N-dealkylation sites (tertiary alicyclic amines) is 1. The molecule has 5 nitrogen and oxygen atoms in total. The van der Waals surface area contributed by atoms with Crippen molar-refractivity contribution in [1.29, 1.82) is 5.26 Å². The SMILES string of the molecule is COc1ccc(-c2ccc([C@@H]3[C@@H](CO)N(C(=O)C4CCCCC4)[C@H]3C#N)cc2)cc1. The highest BCUT2D eigenvalue weighted by atomic mass is 16.5. The van der Waals surface area contributed by atoms with Crippen LogP contribution in [0.2, 0.25) is 0 Å². The number of benzene rings is 2. The van der Waals surface area contributed by atoms with Crippen LogP contribution in [0.3, 0.4) is 0 Å². The first-order valence-corrected chi connectivity index (χ1v) is 10.7. The minimum atomic E-state index is -0.511. The maximum absolute atomic E-state index is 13.0. The van der Waals surface area contributed by atoms with Crippen molar-refractivity contribution in [3.63, 3.8) is 0 Å². The molecule has 0 unspecified atom stereocenters. The highest BCUT2D eigenvalue weighted by Crippen LogP contribution is 2.43. The van der Waals surface area contributed by atoms with E-state index in [1.54, 1.807) is 12.0 Å². The van der Waals surface area contributed by atoms with Gasteiger partial charge in [-0.05, 0) is 41.7 Å². The van der Waals surface area contributed by atoms with Crippen molar-refractivity contribution in [3.05, 3.63) is 54.1 Å². The van der Waals surface area contributed by atoms with E-state index >= 15 is 0 Å². The molecule has 0 aromatic heterocycles. The average molecular weight is 405 g/mol. The first kappa shape index (κ1) is 20.4. The molecule has 2 fully saturated rings. The summed E-state index contributed by atoms with van der Waals surface area (Å²) in [4.78, 5) is 14.7. The van der Waals surface area contributed by atoms with Crippen LogP contribution in [-0.2, 0) is 4.79 Å². The fraction of sp³-hybridized carbons (Fsp3) is 0.440. The van der Waals surface area contributed by atoms with Crippen LogP contribution in [0.4, 0.5) is 0 Å². The van der Waals surface area contributed by atoms with Gasteiger partial charge in [-0.3, -0.25) is 4.79 Å². The number of hydrogen-bond acceptors (Lipinski definition) is 4. The topological polar surface area (TPSA) is 73.6 Å². The first-order valence-electron chi connectivity index (χ1n) is 10.7. The van der Waals surface area contributed by atoms with Gasteiger partial charge in [0.05, 0.1) is 25.8 Å². The second kappa shape index (κ2) is 8.89. The molecular formula is C25H28N2O3. The van der Waals surface area contributed by atoms with Crippen molar-refractivity contribution >= 4 is 5.91 Å². The third-order valence-corrected chi connectivity index (χ3v) is 6.66. The molecule has 3 atom stereocenters. The van der Waals surface area contributed by atoms with E-state index in [2.05, 4.69) is 6.07 Å². The van der Waals surface area contributed by atoms with Crippen LogP contribution in [0, 0.1) is 17.2 Å². The zero-order valence-electron chi connectivity index (χ0n) is 17.3. The largest absolute Gasteiger partial charge is 0.497 e. The molecule has 1 aliphatic heterocycles. The van der Waals surface area contributed by atoms with Gasteiger partial charge >= 0.3 is 0 Å². The van der Waals surface area contributed by atoms with Gasteiger partial charge in [0, 0.05) is 11.8 Å². The Bertz CT molecular complexity index is 911. The zero-order chi connectivity index (χ0) is 21.1. The van der Waals surface area contributed by atoms with Gasteiger partial charge in [0.2, 0.25) is 5.91 Å². The van der Waals surface area contributed by atoms with Crippen molar-refractivity contribution in [1.82, 2.24) is 4.90 Å². The third-order valence-electron chi connectivity index (χ3n) is 6.66. The Morgan fingerprint density at radius 3 is 2.20 bits per heavy atom. The Labute approximate surface area is 177 Å². The molecule has 1 heterocycles. The molecule has 1 amide bonds. The molecule has 30 heavy (non-hydrogen) atoms. The van der Waals surface area contributed by atoms with Gasteiger partial charge < -0.3 is 14.7 Å². The van der Waals surface area contributed by atoms with Crippen LogP contribution in [0.1, 0.15) is 43.6 Å². The first-order chi connectivity index (χ1) is 14.7. The summed E-state index contributed by atoms with van der Waals surface area (Å²) in [6, 6.07) is 17.5. The predicted octanol–water partition coefficient (Wildman–Crippen LogP) is 4.12. The third kappa shape index (κ3) is 3.68. The Balaban J connectivity index is 1.52. The van der Waals surface area contributed by atoms with Crippen molar-refractivity contribution in [2.24, 2.45) is 5.92 Å². The summed E-state index contributed by atoms with van der Waals surface area (Å²) < 4.78 is 5.21. The van der Waals surface area contributed by atoms with Crippen LogP contribution in [0.25, 0.3) is 11.1 Å². The Morgan fingerprint density at radius 2 is 1.67 bits per heavy atom. The Morgan fingerprint density at radius 1 is 1.07 bits per heavy atom. The van der Waals surface area contributed by atoms with E-state index in [0.717, 1.165) is 48.1 Å². The van der Waals surface area contributed by atoms with Gasteiger partial charge in [0.15, 0.2) is 0 Å². The Kier molecular flexibility index (Phi) is 6.06. The summed E-state index contributed by atoms with van der Waals surface area (Å²) in [5, 5.41) is 19.8. The average Bonchev–Trinajstić information content (AvgIpc) is 2.80. The molecule has 1 aliphatic carbocycles. The summed E-state index contributed by atoms with van der Waals surface area (Å²) in [6.45, 7) is -0.123. The van der Waals surface area contributed by atoms with Crippen LogP contribution in [0.5, 0.6) is 5.75 Å². The van der Waals surface area contributed by atoms with Crippen LogP contribution in [0.15, 0.2) is 48.5 Å². The number of aliphatic hydroxyl groups is 1. The second-order valence-corrected chi connectivity index (χ2v) is 8.28. The lowest BCUT2D eigenvalue weighted by molar-refractivity contribution is -0.152. The van der Waals surface area contributed by atoms with Gasteiger partial charge in [-0.2, -0.15) is 5.26 Å². The highest BCUT2D eigenvalue weighted by molar-refractivity contribution is 5.81. The van der Waals surface area contributed by atoms with Gasteiger partial charge in [-0.15, -0.1) is 0 Å². The fourth-order valence-corrected chi connectivity index (χ4v) is 4.95. The van der Waals surface area contributed by atoms with Gasteiger partial charge in [-0.1, -0.05) is 55.7 Å². The number of rotatable bonds is 5. The van der Waals surface area contributed by atoms with Gasteiger partial charge in [-0.25, -0.2) is 0 Å². The van der Waals surface area contributed by atoms with E-state index < -0.39 is 6.04 Å². The molecule has 5 heteroatoms. The molecule has 0 radical (unpaired) electrons. The molecule has 4 rings (SSSR count). The Hall–Kier alpha value is -2.84. The lowest BCUT2D eigenvalue weighted by Gasteiger charge is -2.52. The number of amides is 1. The summed E-state index contributed by atoms with van der Waals surface area (Å²) in [7, 11) is 1.65. The minimum Gasteiger partial charge on any atom is -0.497 e. The molecule has 2 aliphatic rings. The normalized spacial score (nSPS) is 24.0. The quantitative estimate of drug-likeness (QED) is 0.813. The van der Waals surface area contributed by atoms with E-state index in [0.29, 0.717) is 0 Å². The summed E-state index contributed by atoms with van der Waals surface area (Å²) >= 11 is 0. The number of nitriles is 1. The van der Waals surface area contributed by atoms with Crippen molar-refractivity contribution in [2.45, 2.75) is 50.1 Å². The molecule has 1 saturated heterocycles. The smallest absolute Gasteiger partial charge is 0.227 e. The summed E-state index contributed by atoms with van der Waals surface area (Å²) in [5.74, 6) is 0.709. The zero-order valence-corrected chi connectivity index (χ0v) is 17.3. The lowest BCUT2D eigenvalue weighted by Crippen LogP contribution is -2.66. The molecule has 2 aromatic carbocycles. The maximum atomic E-state index is 13.0. The summed E-state index contributed by atoms with van der Waals surface area (Å²) in [6.07, 6.45) is 5.11. The number of methoxy groups -OCH3 is 1. The number of hydrogen-bond donors (Lipinski definition) is 1. The van der Waals surface area contributed by atoms with Gasteiger partial charge in [0.25, 0.3) is 0 Å². The van der Waals surface area contributed by atoms with E-state index in [1.165, 1.54) is 6.42 Å². The van der Waals surface area contributed by atoms with E-state index in [-0.39, 0.29) is 30.4 Å². The van der Waals surface area contributed by atoms with E-state index in [4.69, 9.17) is 4.74 Å². The van der Waals surface area contributed by atoms with Crippen molar-refractivity contribution < 1.29 is 14.6 Å². The van der Waals surface area contributed by atoms with E-state index in [1.807, 2.05) is 48.5 Å². The van der Waals surface area contributed by atoms with Crippen molar-refractivity contribution in [3.8, 4) is 22.9 Å². The molecule has 1 N–H and O–H groups in total. The number of aliphatic hydroxyl groups excluding tert-OH is 1. The number of ether oxygens (including phenoxy) is 1. The highest BCUT2D eigenvalue weighted by Gasteiger charge is 2.52. The maximum Gasteiger partial charge on any atom is 0.227 e. The van der Waals surface area contributed by atoms with Crippen LogP contribution in [-0.4, -0.2) is 41.7 Å². The molecule has 0 bridgehead atoms. The lowest BCUT2D eigenvalue weighted by atomic mass is 9.74. The van der Waals surface area contributed by atoms with Crippen molar-refractivity contribution in [2.75, 3.05) is 13.7 Å². The molecule has 0 spiro atoms. The van der Waals surface area contributed by atoms with Gasteiger partial charge in [0.1, 0.15) is 11.8 Å². The molecular weight excluding hydrogens is 376 g/mol. The standard InChI is InChI=1S/C25H28N2O3/c1-30-21-13-11-18(12-14-21)17-7-9-19(10-8-17)24-22(15-26)27(23(24)16-28)25(29)20-5-3-2-4-6-20/h7-14,20,22-24,28H,2-6,16H2,1H3/t22-,23+,24-/m0/s1. The predicted molar refractivity (Wildman–Crippen MR) is 115 cm³/mol. The number of carbonyl (C=O) groups excluding carboxylic acids is 1. The van der Waals surface area contributed by atoms with E-state index in [9.17, 15) is 15.2 Å². The monoisotopic (exact) mass is 404 g/mol. The fourth-order valence-electron chi connectivity index (χ4n) is 4.95. The minimum absolute atomic E-state index is 0.00190.